The fourth-order valence-corrected chi connectivity index (χ4v) is 1.34. The second kappa shape index (κ2) is 3.32. The molecule has 13 heavy (non-hydrogen) atoms. The van der Waals surface area contributed by atoms with E-state index in [-0.39, 0.29) is 0 Å². The Morgan fingerprint density at radius 3 is 2.46 bits per heavy atom. The number of hydrogen-bond acceptors (Lipinski definition) is 3. The molecule has 2 rings (SSSR count). The van der Waals surface area contributed by atoms with Crippen molar-refractivity contribution in [2.24, 2.45) is 0 Å². The van der Waals surface area contributed by atoms with Gasteiger partial charge in [0.25, 0.3) is 0 Å². The molecule has 0 saturated heterocycles. The van der Waals surface area contributed by atoms with Crippen molar-refractivity contribution >= 4 is 23.2 Å². The van der Waals surface area contributed by atoms with Crippen molar-refractivity contribution in [3.8, 4) is 5.82 Å². The van der Waals surface area contributed by atoms with Gasteiger partial charge < -0.3 is 0 Å². The summed E-state index contributed by atoms with van der Waals surface area (Å²) in [5.74, 6) is 0.469. The Balaban J connectivity index is 2.53. The van der Waals surface area contributed by atoms with Gasteiger partial charge in [-0.05, 0) is 6.07 Å². The zero-order valence-corrected chi connectivity index (χ0v) is 7.87. The van der Waals surface area contributed by atoms with Gasteiger partial charge in [-0.15, -0.1) is 4.80 Å². The van der Waals surface area contributed by atoms with Crippen molar-refractivity contribution in [1.29, 1.82) is 0 Å². The Bertz CT molecular complexity index is 412. The first-order valence-corrected chi connectivity index (χ1v) is 4.21. The first kappa shape index (κ1) is 8.47. The van der Waals surface area contributed by atoms with E-state index in [1.807, 2.05) is 0 Å². The molecule has 0 aliphatic heterocycles. The van der Waals surface area contributed by atoms with Gasteiger partial charge in [0.05, 0.1) is 22.4 Å². The molecular weight excluding hydrogens is 211 g/mol. The average molecular weight is 215 g/mol. The fourth-order valence-electron chi connectivity index (χ4n) is 0.880. The highest BCUT2D eigenvalue weighted by Gasteiger charge is 2.05. The lowest BCUT2D eigenvalue weighted by Crippen LogP contribution is -2.01. The summed E-state index contributed by atoms with van der Waals surface area (Å²) in [5, 5.41) is 8.69. The number of halogens is 2. The maximum atomic E-state index is 5.87. The molecule has 2 aromatic heterocycles. The minimum absolute atomic E-state index is 0.420. The summed E-state index contributed by atoms with van der Waals surface area (Å²) in [6.45, 7) is 0. The molecule has 0 saturated carbocycles. The number of aromatic nitrogens is 4. The molecule has 0 aromatic carbocycles. The number of rotatable bonds is 1. The number of pyridine rings is 1. The van der Waals surface area contributed by atoms with E-state index in [1.165, 1.54) is 11.0 Å². The molecule has 0 aliphatic carbocycles. The third-order valence-electron chi connectivity index (χ3n) is 1.40. The lowest BCUT2D eigenvalue weighted by Gasteiger charge is -2.00. The molecule has 2 aromatic rings. The van der Waals surface area contributed by atoms with Crippen LogP contribution in [0.1, 0.15) is 0 Å². The van der Waals surface area contributed by atoms with E-state index in [1.54, 1.807) is 18.5 Å². The summed E-state index contributed by atoms with van der Waals surface area (Å²) >= 11 is 11.6. The Hall–Kier alpha value is -1.13. The van der Waals surface area contributed by atoms with Gasteiger partial charge in [-0.3, -0.25) is 0 Å². The first-order chi connectivity index (χ1) is 6.27. The second-order valence-electron chi connectivity index (χ2n) is 2.28. The topological polar surface area (TPSA) is 43.6 Å². The molecule has 0 unspecified atom stereocenters. The molecule has 0 N–H and O–H groups in total. The summed E-state index contributed by atoms with van der Waals surface area (Å²) in [6.07, 6.45) is 4.59. The first-order valence-electron chi connectivity index (χ1n) is 3.45. The molecule has 0 radical (unpaired) electrons. The van der Waals surface area contributed by atoms with Crippen molar-refractivity contribution in [3.05, 3.63) is 34.7 Å². The highest BCUT2D eigenvalue weighted by Crippen LogP contribution is 2.19. The quantitative estimate of drug-likeness (QED) is 0.730. The minimum atomic E-state index is 0.420. The van der Waals surface area contributed by atoms with Crippen LogP contribution >= 0.6 is 23.2 Å². The van der Waals surface area contributed by atoms with Crippen molar-refractivity contribution in [2.45, 2.75) is 0 Å². The van der Waals surface area contributed by atoms with Crippen molar-refractivity contribution < 1.29 is 0 Å². The van der Waals surface area contributed by atoms with E-state index < -0.39 is 0 Å². The molecule has 0 fully saturated rings. The van der Waals surface area contributed by atoms with Crippen molar-refractivity contribution in [2.75, 3.05) is 0 Å². The Labute approximate surface area is 84.1 Å². The standard InChI is InChI=1S/C7H4Cl2N4/c8-5-3-6(9)7(10-4-5)13-11-1-2-12-13/h1-4H. The van der Waals surface area contributed by atoms with E-state index in [0.29, 0.717) is 15.9 Å². The smallest absolute Gasteiger partial charge is 0.193 e. The summed E-state index contributed by atoms with van der Waals surface area (Å²) in [4.78, 5) is 5.33. The maximum absolute atomic E-state index is 5.87. The SMILES string of the molecule is Clc1cnc(-n2nccn2)c(Cl)c1. The zero-order chi connectivity index (χ0) is 9.26. The Kier molecular flexibility index (Phi) is 2.16. The average Bonchev–Trinajstić information content (AvgIpc) is 2.56. The van der Waals surface area contributed by atoms with Crippen LogP contribution in [0.5, 0.6) is 0 Å². The van der Waals surface area contributed by atoms with Gasteiger partial charge in [0.15, 0.2) is 5.82 Å². The van der Waals surface area contributed by atoms with Crippen LogP contribution in [0, 0.1) is 0 Å². The lowest BCUT2D eigenvalue weighted by atomic mass is 10.5. The Morgan fingerprint density at radius 1 is 1.15 bits per heavy atom. The highest BCUT2D eigenvalue weighted by molar-refractivity contribution is 6.35. The van der Waals surface area contributed by atoms with E-state index in [4.69, 9.17) is 23.2 Å². The molecule has 0 aliphatic rings. The van der Waals surface area contributed by atoms with E-state index in [0.717, 1.165) is 0 Å². The molecule has 0 amide bonds. The molecule has 2 heterocycles. The molecule has 6 heteroatoms. The van der Waals surface area contributed by atoms with Crippen LogP contribution in [0.2, 0.25) is 10.0 Å². The van der Waals surface area contributed by atoms with Crippen LogP contribution in [0.15, 0.2) is 24.7 Å². The van der Waals surface area contributed by atoms with Crippen molar-refractivity contribution in [3.63, 3.8) is 0 Å². The maximum Gasteiger partial charge on any atom is 0.193 e. The van der Waals surface area contributed by atoms with Crippen LogP contribution < -0.4 is 0 Å². The second-order valence-corrected chi connectivity index (χ2v) is 3.12. The van der Waals surface area contributed by atoms with Gasteiger partial charge >= 0.3 is 0 Å². The molecule has 4 nitrogen and oxygen atoms in total. The van der Waals surface area contributed by atoms with Crippen LogP contribution in [0.4, 0.5) is 0 Å². The summed E-state index contributed by atoms with van der Waals surface area (Å²) in [5.41, 5.74) is 0. The van der Waals surface area contributed by atoms with Crippen LogP contribution in [-0.2, 0) is 0 Å². The normalized spacial score (nSPS) is 10.3. The monoisotopic (exact) mass is 214 g/mol. The van der Waals surface area contributed by atoms with Crippen molar-refractivity contribution in [1.82, 2.24) is 20.0 Å². The van der Waals surface area contributed by atoms with Crippen LogP contribution in [0.25, 0.3) is 5.82 Å². The third kappa shape index (κ3) is 1.64. The largest absolute Gasteiger partial charge is 0.233 e. The van der Waals surface area contributed by atoms with E-state index in [9.17, 15) is 0 Å². The van der Waals surface area contributed by atoms with E-state index in [2.05, 4.69) is 15.2 Å². The molecule has 0 bridgehead atoms. The zero-order valence-electron chi connectivity index (χ0n) is 6.35. The van der Waals surface area contributed by atoms with Gasteiger partial charge in [-0.1, -0.05) is 23.2 Å². The summed E-state index contributed by atoms with van der Waals surface area (Å²) in [7, 11) is 0. The van der Waals surface area contributed by atoms with Crippen LogP contribution in [-0.4, -0.2) is 20.0 Å². The molecular formula is C7H4Cl2N4. The van der Waals surface area contributed by atoms with Gasteiger partial charge in [0, 0.05) is 6.20 Å². The fraction of sp³-hybridized carbons (Fsp3) is 0. The van der Waals surface area contributed by atoms with E-state index >= 15 is 0 Å². The highest BCUT2D eigenvalue weighted by atomic mass is 35.5. The lowest BCUT2D eigenvalue weighted by molar-refractivity contribution is 0.729. The van der Waals surface area contributed by atoms with Crippen LogP contribution in [0.3, 0.4) is 0 Å². The van der Waals surface area contributed by atoms with Gasteiger partial charge in [0.1, 0.15) is 0 Å². The predicted molar refractivity (Wildman–Crippen MR) is 49.2 cm³/mol. The van der Waals surface area contributed by atoms with Gasteiger partial charge in [0.2, 0.25) is 0 Å². The summed E-state index contributed by atoms with van der Waals surface area (Å²) in [6, 6.07) is 1.59. The molecule has 0 spiro atoms. The Morgan fingerprint density at radius 2 is 1.85 bits per heavy atom. The van der Waals surface area contributed by atoms with Gasteiger partial charge in [-0.2, -0.15) is 10.2 Å². The molecule has 66 valence electrons. The molecule has 0 atom stereocenters. The van der Waals surface area contributed by atoms with Gasteiger partial charge in [-0.25, -0.2) is 4.98 Å². The third-order valence-corrected chi connectivity index (χ3v) is 1.88. The minimum Gasteiger partial charge on any atom is -0.233 e. The number of hydrogen-bond donors (Lipinski definition) is 0. The summed E-state index contributed by atoms with van der Waals surface area (Å²) < 4.78 is 0. The number of nitrogens with zero attached hydrogens (tertiary/aromatic N) is 4. The predicted octanol–water partition coefficient (Wildman–Crippen LogP) is 1.97.